The van der Waals surface area contributed by atoms with Crippen molar-refractivity contribution >= 4 is 11.7 Å². The van der Waals surface area contributed by atoms with E-state index in [4.69, 9.17) is 4.74 Å². The zero-order valence-electron chi connectivity index (χ0n) is 14.9. The molecule has 132 valence electrons. The van der Waals surface area contributed by atoms with Gasteiger partial charge in [-0.05, 0) is 24.1 Å². The van der Waals surface area contributed by atoms with Gasteiger partial charge in [0, 0.05) is 44.9 Å². The van der Waals surface area contributed by atoms with Crippen molar-refractivity contribution in [1.82, 2.24) is 9.88 Å². The van der Waals surface area contributed by atoms with Crippen molar-refractivity contribution < 1.29 is 9.53 Å². The normalized spacial score (nSPS) is 16.9. The van der Waals surface area contributed by atoms with Crippen molar-refractivity contribution in [2.24, 2.45) is 5.92 Å². The fraction of sp³-hybridized carbons (Fsp3) is 0.400. The molecule has 2 aromatic rings. The summed E-state index contributed by atoms with van der Waals surface area (Å²) in [7, 11) is 3.85. The first kappa shape index (κ1) is 17.4. The Balaban J connectivity index is 1.50. The number of hydrogen-bond acceptors (Lipinski definition) is 4. The zero-order valence-corrected chi connectivity index (χ0v) is 14.9. The highest BCUT2D eigenvalue weighted by molar-refractivity contribution is 5.95. The second kappa shape index (κ2) is 8.12. The molecule has 25 heavy (non-hydrogen) atoms. The van der Waals surface area contributed by atoms with Crippen LogP contribution in [-0.2, 0) is 11.3 Å². The van der Waals surface area contributed by atoms with E-state index >= 15 is 0 Å². The van der Waals surface area contributed by atoms with E-state index < -0.39 is 0 Å². The topological polar surface area (TPSA) is 45.7 Å². The summed E-state index contributed by atoms with van der Waals surface area (Å²) in [5.74, 6) is 1.28. The first-order valence-corrected chi connectivity index (χ1v) is 8.68. The lowest BCUT2D eigenvalue weighted by Gasteiger charge is -2.18. The molecule has 2 heterocycles. The second-order valence-electron chi connectivity index (χ2n) is 6.70. The average molecular weight is 339 g/mol. The van der Waals surface area contributed by atoms with Crippen molar-refractivity contribution in [2.75, 3.05) is 38.7 Å². The minimum atomic E-state index is 0.0797. The fourth-order valence-corrected chi connectivity index (χ4v) is 3.05. The molecule has 5 nitrogen and oxygen atoms in total. The summed E-state index contributed by atoms with van der Waals surface area (Å²) >= 11 is 0. The van der Waals surface area contributed by atoms with Crippen LogP contribution in [0.15, 0.2) is 48.7 Å². The Bertz CT molecular complexity index is 703. The molecule has 3 rings (SSSR count). The summed E-state index contributed by atoms with van der Waals surface area (Å²) in [5, 5.41) is 0. The predicted molar refractivity (Wildman–Crippen MR) is 98.7 cm³/mol. The second-order valence-corrected chi connectivity index (χ2v) is 6.70. The molecule has 5 heteroatoms. The van der Waals surface area contributed by atoms with Gasteiger partial charge < -0.3 is 14.5 Å². The lowest BCUT2D eigenvalue weighted by atomic mass is 10.1. The number of anilines is 1. The number of rotatable bonds is 6. The van der Waals surface area contributed by atoms with E-state index in [1.807, 2.05) is 48.2 Å². The molecule has 0 saturated carbocycles. The number of amides is 1. The molecular formula is C20H25N3O2. The van der Waals surface area contributed by atoms with Gasteiger partial charge in [-0.2, -0.15) is 0 Å². The standard InChI is InChI=1S/C20H25N3O2/c1-22(2)19-12-18(8-10-21-19)20(24)23-11-9-17(13-23)15-25-14-16-6-4-3-5-7-16/h3-8,10,12,17H,9,11,13-15H2,1-2H3. The molecule has 1 aromatic heterocycles. The van der Waals surface area contributed by atoms with E-state index in [1.165, 1.54) is 5.56 Å². The van der Waals surface area contributed by atoms with Gasteiger partial charge in [0.1, 0.15) is 5.82 Å². The summed E-state index contributed by atoms with van der Waals surface area (Å²) in [6.45, 7) is 2.87. The summed E-state index contributed by atoms with van der Waals surface area (Å²) < 4.78 is 5.83. The first-order valence-electron chi connectivity index (χ1n) is 8.68. The summed E-state index contributed by atoms with van der Waals surface area (Å²) in [5.41, 5.74) is 1.88. The number of ether oxygens (including phenoxy) is 1. The number of hydrogen-bond donors (Lipinski definition) is 0. The summed E-state index contributed by atoms with van der Waals surface area (Å²) in [4.78, 5) is 20.8. The van der Waals surface area contributed by atoms with E-state index in [9.17, 15) is 4.79 Å². The maximum atomic E-state index is 12.7. The van der Waals surface area contributed by atoms with Gasteiger partial charge in [0.2, 0.25) is 0 Å². The van der Waals surface area contributed by atoms with Gasteiger partial charge in [-0.15, -0.1) is 0 Å². The smallest absolute Gasteiger partial charge is 0.254 e. The molecule has 0 spiro atoms. The van der Waals surface area contributed by atoms with Crippen LogP contribution in [0.25, 0.3) is 0 Å². The Kier molecular flexibility index (Phi) is 5.66. The molecular weight excluding hydrogens is 314 g/mol. The van der Waals surface area contributed by atoms with Crippen LogP contribution in [0.3, 0.4) is 0 Å². The maximum absolute atomic E-state index is 12.7. The number of carbonyl (C=O) groups excluding carboxylic acids is 1. The van der Waals surface area contributed by atoms with Gasteiger partial charge in [-0.3, -0.25) is 4.79 Å². The quantitative estimate of drug-likeness (QED) is 0.812. The zero-order chi connectivity index (χ0) is 17.6. The number of benzene rings is 1. The van der Waals surface area contributed by atoms with E-state index in [-0.39, 0.29) is 5.91 Å². The monoisotopic (exact) mass is 339 g/mol. The minimum Gasteiger partial charge on any atom is -0.376 e. The highest BCUT2D eigenvalue weighted by atomic mass is 16.5. The van der Waals surface area contributed by atoms with Crippen molar-refractivity contribution in [2.45, 2.75) is 13.0 Å². The Labute approximate surface area is 149 Å². The van der Waals surface area contributed by atoms with Gasteiger partial charge >= 0.3 is 0 Å². The Morgan fingerprint density at radius 1 is 1.28 bits per heavy atom. The van der Waals surface area contributed by atoms with Crippen LogP contribution in [-0.4, -0.2) is 49.6 Å². The molecule has 1 unspecified atom stereocenters. The van der Waals surface area contributed by atoms with E-state index in [0.29, 0.717) is 24.7 Å². The third kappa shape index (κ3) is 4.57. The maximum Gasteiger partial charge on any atom is 0.254 e. The van der Waals surface area contributed by atoms with E-state index in [1.54, 1.807) is 12.3 Å². The highest BCUT2D eigenvalue weighted by Gasteiger charge is 2.27. The molecule has 1 aliphatic rings. The minimum absolute atomic E-state index is 0.0797. The van der Waals surface area contributed by atoms with Gasteiger partial charge in [0.15, 0.2) is 0 Å². The lowest BCUT2D eigenvalue weighted by Crippen LogP contribution is -2.29. The summed E-state index contributed by atoms with van der Waals surface area (Å²) in [6.07, 6.45) is 2.69. The van der Waals surface area contributed by atoms with Gasteiger partial charge in [0.05, 0.1) is 13.2 Å². The predicted octanol–water partition coefficient (Wildman–Crippen LogP) is 2.83. The van der Waals surface area contributed by atoms with Crippen LogP contribution in [0.5, 0.6) is 0 Å². The number of aromatic nitrogens is 1. The third-order valence-electron chi connectivity index (χ3n) is 4.49. The van der Waals surface area contributed by atoms with Crippen LogP contribution < -0.4 is 4.90 Å². The Morgan fingerprint density at radius 2 is 2.08 bits per heavy atom. The van der Waals surface area contributed by atoms with Crippen LogP contribution in [0.2, 0.25) is 0 Å². The Hall–Kier alpha value is -2.40. The molecule has 1 aromatic carbocycles. The van der Waals surface area contributed by atoms with Crippen molar-refractivity contribution in [1.29, 1.82) is 0 Å². The highest BCUT2D eigenvalue weighted by Crippen LogP contribution is 2.20. The van der Waals surface area contributed by atoms with Crippen molar-refractivity contribution in [3.63, 3.8) is 0 Å². The third-order valence-corrected chi connectivity index (χ3v) is 4.49. The first-order chi connectivity index (χ1) is 12.1. The lowest BCUT2D eigenvalue weighted by molar-refractivity contribution is 0.0733. The number of nitrogens with zero attached hydrogens (tertiary/aromatic N) is 3. The summed E-state index contributed by atoms with van der Waals surface area (Å²) in [6, 6.07) is 13.8. The van der Waals surface area contributed by atoms with E-state index in [2.05, 4.69) is 17.1 Å². The fourth-order valence-electron chi connectivity index (χ4n) is 3.05. The average Bonchev–Trinajstić information content (AvgIpc) is 3.11. The number of pyridine rings is 1. The van der Waals surface area contributed by atoms with Crippen LogP contribution >= 0.6 is 0 Å². The SMILES string of the molecule is CN(C)c1cc(C(=O)N2CCC(COCc3ccccc3)C2)ccn1. The molecule has 1 atom stereocenters. The molecule has 0 bridgehead atoms. The largest absolute Gasteiger partial charge is 0.376 e. The van der Waals surface area contributed by atoms with Crippen LogP contribution in [0.4, 0.5) is 5.82 Å². The molecule has 0 radical (unpaired) electrons. The molecule has 0 N–H and O–H groups in total. The molecule has 1 amide bonds. The van der Waals surface area contributed by atoms with E-state index in [0.717, 1.165) is 25.3 Å². The number of carbonyl (C=O) groups is 1. The van der Waals surface area contributed by atoms with Gasteiger partial charge in [-0.1, -0.05) is 30.3 Å². The van der Waals surface area contributed by atoms with Gasteiger partial charge in [-0.25, -0.2) is 4.98 Å². The molecule has 0 aliphatic carbocycles. The molecule has 1 aliphatic heterocycles. The van der Waals surface area contributed by atoms with Crippen LogP contribution in [0.1, 0.15) is 22.3 Å². The van der Waals surface area contributed by atoms with Crippen LogP contribution in [0, 0.1) is 5.92 Å². The number of likely N-dealkylation sites (tertiary alicyclic amines) is 1. The van der Waals surface area contributed by atoms with Crippen molar-refractivity contribution in [3.8, 4) is 0 Å². The molecule has 1 fully saturated rings. The molecule has 1 saturated heterocycles. The Morgan fingerprint density at radius 3 is 2.84 bits per heavy atom. The van der Waals surface area contributed by atoms with Crippen molar-refractivity contribution in [3.05, 3.63) is 59.8 Å². The van der Waals surface area contributed by atoms with Gasteiger partial charge in [0.25, 0.3) is 5.91 Å².